The predicted octanol–water partition coefficient (Wildman–Crippen LogP) is 5.14. The second kappa shape index (κ2) is 5.22. The van der Waals surface area contributed by atoms with E-state index in [1.165, 1.54) is 38.9 Å². The Bertz CT molecular complexity index is 587. The van der Waals surface area contributed by atoms with Crippen LogP contribution in [0.15, 0.2) is 24.3 Å². The topological polar surface area (TPSA) is 26.0 Å². The fraction of sp³-hybridized carbons (Fsp3) is 0.400. The van der Waals surface area contributed by atoms with E-state index in [1.807, 2.05) is 0 Å². The van der Waals surface area contributed by atoms with Gasteiger partial charge >= 0.3 is 0 Å². The van der Waals surface area contributed by atoms with Crippen LogP contribution in [-0.2, 0) is 5.41 Å². The van der Waals surface area contributed by atoms with Gasteiger partial charge in [0.15, 0.2) is 0 Å². The minimum absolute atomic E-state index is 0.0214. The molecule has 0 aliphatic carbocycles. The highest BCUT2D eigenvalue weighted by Gasteiger charge is 2.25. The van der Waals surface area contributed by atoms with Crippen molar-refractivity contribution in [2.75, 3.05) is 5.73 Å². The summed E-state index contributed by atoms with van der Waals surface area (Å²) >= 11 is 0. The first-order chi connectivity index (χ1) is 9.64. The summed E-state index contributed by atoms with van der Waals surface area (Å²) in [4.78, 5) is 0. The fourth-order valence-electron chi connectivity index (χ4n) is 2.90. The van der Waals surface area contributed by atoms with Crippen LogP contribution in [0.1, 0.15) is 52.8 Å². The van der Waals surface area contributed by atoms with Gasteiger partial charge < -0.3 is 5.73 Å². The molecule has 0 unspecified atom stereocenters. The SMILES string of the molecule is Cc1cc(C(C)(C)c2cc(C)c(N)c(C)c2)cc(C)c1C. The molecule has 0 spiro atoms. The molecule has 0 fully saturated rings. The summed E-state index contributed by atoms with van der Waals surface area (Å²) in [5.74, 6) is 0. The minimum atomic E-state index is -0.0214. The quantitative estimate of drug-likeness (QED) is 0.758. The van der Waals surface area contributed by atoms with Crippen LogP contribution >= 0.6 is 0 Å². The summed E-state index contributed by atoms with van der Waals surface area (Å²) in [5.41, 5.74) is 16.1. The molecular formula is C20H27N. The van der Waals surface area contributed by atoms with Gasteiger partial charge in [-0.2, -0.15) is 0 Å². The molecule has 2 aromatic rings. The van der Waals surface area contributed by atoms with Gasteiger partial charge in [-0.05, 0) is 73.6 Å². The number of anilines is 1. The van der Waals surface area contributed by atoms with E-state index in [0.717, 1.165) is 5.69 Å². The largest absolute Gasteiger partial charge is 0.398 e. The lowest BCUT2D eigenvalue weighted by atomic mass is 9.75. The van der Waals surface area contributed by atoms with Gasteiger partial charge in [0.1, 0.15) is 0 Å². The van der Waals surface area contributed by atoms with Crippen molar-refractivity contribution in [3.63, 3.8) is 0 Å². The van der Waals surface area contributed by atoms with Gasteiger partial charge in [-0.25, -0.2) is 0 Å². The van der Waals surface area contributed by atoms with Gasteiger partial charge in [-0.3, -0.25) is 0 Å². The average Bonchev–Trinajstić information content (AvgIpc) is 2.40. The highest BCUT2D eigenvalue weighted by atomic mass is 14.6. The molecule has 0 heterocycles. The van der Waals surface area contributed by atoms with Gasteiger partial charge in [0.25, 0.3) is 0 Å². The summed E-state index contributed by atoms with van der Waals surface area (Å²) in [6.07, 6.45) is 0. The average molecular weight is 281 g/mol. The van der Waals surface area contributed by atoms with E-state index in [-0.39, 0.29) is 5.41 Å². The molecule has 1 nitrogen and oxygen atoms in total. The van der Waals surface area contributed by atoms with Crippen LogP contribution in [-0.4, -0.2) is 0 Å². The number of nitrogens with two attached hydrogens (primary N) is 1. The second-order valence-electron chi connectivity index (χ2n) is 6.88. The number of benzene rings is 2. The zero-order valence-electron chi connectivity index (χ0n) is 14.4. The summed E-state index contributed by atoms with van der Waals surface area (Å²) < 4.78 is 0. The molecule has 0 aliphatic heterocycles. The Balaban J connectivity index is 2.61. The molecule has 2 rings (SSSR count). The first kappa shape index (κ1) is 15.6. The minimum Gasteiger partial charge on any atom is -0.398 e. The molecule has 0 amide bonds. The van der Waals surface area contributed by atoms with E-state index < -0.39 is 0 Å². The molecule has 0 aromatic heterocycles. The first-order valence-corrected chi connectivity index (χ1v) is 7.60. The molecule has 0 radical (unpaired) electrons. The smallest absolute Gasteiger partial charge is 0.0373 e. The number of hydrogen-bond donors (Lipinski definition) is 1. The Kier molecular flexibility index (Phi) is 3.88. The van der Waals surface area contributed by atoms with Crippen LogP contribution < -0.4 is 5.73 Å². The number of rotatable bonds is 2. The third kappa shape index (κ3) is 2.70. The molecule has 0 atom stereocenters. The van der Waals surface area contributed by atoms with E-state index in [4.69, 9.17) is 5.73 Å². The van der Waals surface area contributed by atoms with Gasteiger partial charge in [0, 0.05) is 11.1 Å². The molecule has 112 valence electrons. The van der Waals surface area contributed by atoms with E-state index in [1.54, 1.807) is 0 Å². The van der Waals surface area contributed by atoms with E-state index in [9.17, 15) is 0 Å². The monoisotopic (exact) mass is 281 g/mol. The lowest BCUT2D eigenvalue weighted by Gasteiger charge is -2.29. The molecule has 0 aliphatic rings. The van der Waals surface area contributed by atoms with E-state index in [2.05, 4.69) is 72.7 Å². The van der Waals surface area contributed by atoms with Crippen molar-refractivity contribution in [3.05, 3.63) is 63.2 Å². The second-order valence-corrected chi connectivity index (χ2v) is 6.88. The molecule has 0 saturated heterocycles. The zero-order valence-corrected chi connectivity index (χ0v) is 14.4. The maximum Gasteiger partial charge on any atom is 0.0373 e. The first-order valence-electron chi connectivity index (χ1n) is 7.60. The Hall–Kier alpha value is -1.76. The highest BCUT2D eigenvalue weighted by molar-refractivity contribution is 5.57. The summed E-state index contributed by atoms with van der Waals surface area (Å²) in [6, 6.07) is 9.10. The standard InChI is InChI=1S/C20H27N/c1-12-8-17(9-13(2)16(12)5)20(6,7)18-10-14(3)19(21)15(4)11-18/h8-11H,21H2,1-7H3. The maximum atomic E-state index is 6.10. The van der Waals surface area contributed by atoms with Crippen LogP contribution in [0.2, 0.25) is 0 Å². The van der Waals surface area contributed by atoms with Crippen LogP contribution in [0.5, 0.6) is 0 Å². The lowest BCUT2D eigenvalue weighted by Crippen LogP contribution is -2.20. The molecule has 2 N–H and O–H groups in total. The Morgan fingerprint density at radius 2 is 1.00 bits per heavy atom. The van der Waals surface area contributed by atoms with Crippen molar-refractivity contribution in [3.8, 4) is 0 Å². The summed E-state index contributed by atoms with van der Waals surface area (Å²) in [5, 5.41) is 0. The molecule has 2 aromatic carbocycles. The van der Waals surface area contributed by atoms with Crippen molar-refractivity contribution < 1.29 is 0 Å². The van der Waals surface area contributed by atoms with Crippen molar-refractivity contribution in [1.82, 2.24) is 0 Å². The zero-order chi connectivity index (χ0) is 15.9. The predicted molar refractivity (Wildman–Crippen MR) is 93.1 cm³/mol. The highest BCUT2D eigenvalue weighted by Crippen LogP contribution is 2.35. The van der Waals surface area contributed by atoms with Crippen LogP contribution in [0.25, 0.3) is 0 Å². The number of aryl methyl sites for hydroxylation is 4. The third-order valence-electron chi connectivity index (χ3n) is 4.96. The molecule has 0 saturated carbocycles. The van der Waals surface area contributed by atoms with Crippen molar-refractivity contribution >= 4 is 5.69 Å². The Morgan fingerprint density at radius 3 is 1.38 bits per heavy atom. The number of hydrogen-bond acceptors (Lipinski definition) is 1. The van der Waals surface area contributed by atoms with Crippen LogP contribution in [0.3, 0.4) is 0 Å². The normalized spacial score (nSPS) is 11.8. The fourth-order valence-corrected chi connectivity index (χ4v) is 2.90. The van der Waals surface area contributed by atoms with Crippen LogP contribution in [0.4, 0.5) is 5.69 Å². The molecular weight excluding hydrogens is 254 g/mol. The van der Waals surface area contributed by atoms with E-state index >= 15 is 0 Å². The summed E-state index contributed by atoms with van der Waals surface area (Å²) in [6.45, 7) is 15.4. The molecule has 0 bridgehead atoms. The molecule has 21 heavy (non-hydrogen) atoms. The van der Waals surface area contributed by atoms with Gasteiger partial charge in [-0.15, -0.1) is 0 Å². The van der Waals surface area contributed by atoms with Crippen molar-refractivity contribution in [2.24, 2.45) is 0 Å². The Morgan fingerprint density at radius 1 is 0.667 bits per heavy atom. The van der Waals surface area contributed by atoms with Gasteiger partial charge in [0.2, 0.25) is 0 Å². The third-order valence-corrected chi connectivity index (χ3v) is 4.96. The van der Waals surface area contributed by atoms with Gasteiger partial charge in [-0.1, -0.05) is 38.1 Å². The van der Waals surface area contributed by atoms with Gasteiger partial charge in [0.05, 0.1) is 0 Å². The van der Waals surface area contributed by atoms with Crippen molar-refractivity contribution in [1.29, 1.82) is 0 Å². The van der Waals surface area contributed by atoms with Crippen LogP contribution in [0, 0.1) is 34.6 Å². The lowest BCUT2D eigenvalue weighted by molar-refractivity contribution is 0.638. The summed E-state index contributed by atoms with van der Waals surface area (Å²) in [7, 11) is 0. The van der Waals surface area contributed by atoms with Crippen molar-refractivity contribution in [2.45, 2.75) is 53.9 Å². The maximum absolute atomic E-state index is 6.10. The molecule has 1 heteroatoms. The van der Waals surface area contributed by atoms with E-state index in [0.29, 0.717) is 0 Å². The Labute approximate surface area is 129 Å². The number of nitrogen functional groups attached to an aromatic ring is 1.